The van der Waals surface area contributed by atoms with Crippen LogP contribution in [0, 0.1) is 17.6 Å². The van der Waals surface area contributed by atoms with Gasteiger partial charge in [0.25, 0.3) is 0 Å². The van der Waals surface area contributed by atoms with Gasteiger partial charge in [-0.1, -0.05) is 6.07 Å². The van der Waals surface area contributed by atoms with Crippen molar-refractivity contribution in [3.63, 3.8) is 0 Å². The lowest BCUT2D eigenvalue weighted by Crippen LogP contribution is -2.38. The van der Waals surface area contributed by atoms with Crippen molar-refractivity contribution in [1.82, 2.24) is 4.31 Å². The van der Waals surface area contributed by atoms with E-state index >= 15 is 0 Å². The fraction of sp³-hybridized carbons (Fsp3) is 0.350. The van der Waals surface area contributed by atoms with Crippen LogP contribution in [0.15, 0.2) is 53.4 Å². The summed E-state index contributed by atoms with van der Waals surface area (Å²) in [6.07, 6.45) is 2.27. The number of nitrogens with zero attached hydrogens (tertiary/aromatic N) is 1. The number of nitrogens with one attached hydrogen (secondary N) is 1. The highest BCUT2D eigenvalue weighted by molar-refractivity contribution is 7.89. The molecule has 1 heterocycles. The molecule has 3 rings (SSSR count). The van der Waals surface area contributed by atoms with Crippen molar-refractivity contribution in [2.24, 2.45) is 5.92 Å². The van der Waals surface area contributed by atoms with Gasteiger partial charge in [-0.25, -0.2) is 17.2 Å². The topological polar surface area (TPSA) is 66.5 Å². The third-order valence-electron chi connectivity index (χ3n) is 4.91. The van der Waals surface area contributed by atoms with E-state index in [2.05, 4.69) is 5.32 Å². The van der Waals surface area contributed by atoms with E-state index in [1.807, 2.05) is 0 Å². The molecule has 28 heavy (non-hydrogen) atoms. The number of rotatable bonds is 6. The molecule has 8 heteroatoms. The van der Waals surface area contributed by atoms with Crippen molar-refractivity contribution in [3.8, 4) is 0 Å². The normalized spacial score (nSPS) is 16.1. The number of anilines is 1. The lowest BCUT2D eigenvalue weighted by molar-refractivity contribution is -0.116. The zero-order valence-corrected chi connectivity index (χ0v) is 16.1. The third-order valence-corrected chi connectivity index (χ3v) is 6.81. The van der Waals surface area contributed by atoms with Crippen molar-refractivity contribution in [3.05, 3.63) is 60.2 Å². The number of amides is 1. The van der Waals surface area contributed by atoms with E-state index in [1.54, 1.807) is 0 Å². The number of carbonyl (C=O) groups excluding carboxylic acids is 1. The second-order valence-corrected chi connectivity index (χ2v) is 8.84. The summed E-state index contributed by atoms with van der Waals surface area (Å²) < 4.78 is 52.8. The van der Waals surface area contributed by atoms with Gasteiger partial charge in [-0.15, -0.1) is 0 Å². The minimum Gasteiger partial charge on any atom is -0.326 e. The highest BCUT2D eigenvalue weighted by Gasteiger charge is 2.29. The lowest BCUT2D eigenvalue weighted by Gasteiger charge is -2.31. The highest BCUT2D eigenvalue weighted by Crippen LogP contribution is 2.27. The van der Waals surface area contributed by atoms with Gasteiger partial charge in [0.1, 0.15) is 11.6 Å². The molecular formula is C20H22F2N2O3S. The van der Waals surface area contributed by atoms with E-state index < -0.39 is 15.8 Å². The van der Waals surface area contributed by atoms with Crippen molar-refractivity contribution in [2.75, 3.05) is 18.4 Å². The summed E-state index contributed by atoms with van der Waals surface area (Å²) in [5.41, 5.74) is 0.544. The van der Waals surface area contributed by atoms with Crippen LogP contribution in [-0.2, 0) is 14.8 Å². The van der Waals surface area contributed by atoms with Gasteiger partial charge >= 0.3 is 0 Å². The predicted octanol–water partition coefficient (Wildman–Crippen LogP) is 3.78. The van der Waals surface area contributed by atoms with Gasteiger partial charge in [0.15, 0.2) is 0 Å². The molecule has 1 fully saturated rings. The number of benzene rings is 2. The Bertz CT molecular complexity index is 925. The fourth-order valence-corrected chi connectivity index (χ4v) is 4.81. The van der Waals surface area contributed by atoms with E-state index in [9.17, 15) is 22.0 Å². The van der Waals surface area contributed by atoms with Crippen LogP contribution in [0.5, 0.6) is 0 Å². The average molecular weight is 408 g/mol. The Balaban J connectivity index is 1.47. The summed E-state index contributed by atoms with van der Waals surface area (Å²) in [6.45, 7) is 0.701. The smallest absolute Gasteiger partial charge is 0.243 e. The van der Waals surface area contributed by atoms with Gasteiger partial charge in [-0.2, -0.15) is 4.31 Å². The second kappa shape index (κ2) is 8.79. The Morgan fingerprint density at radius 3 is 2.36 bits per heavy atom. The number of halogens is 2. The molecule has 0 unspecified atom stereocenters. The van der Waals surface area contributed by atoms with Gasteiger partial charge in [0.05, 0.1) is 4.90 Å². The quantitative estimate of drug-likeness (QED) is 0.791. The van der Waals surface area contributed by atoms with Crippen LogP contribution < -0.4 is 5.32 Å². The molecule has 1 N–H and O–H groups in total. The summed E-state index contributed by atoms with van der Waals surface area (Å²) in [4.78, 5) is 12.0. The molecule has 1 amide bonds. The maximum atomic E-state index is 13.3. The molecule has 0 radical (unpaired) electrons. The Labute approximate surface area is 163 Å². The van der Waals surface area contributed by atoms with E-state index in [1.165, 1.54) is 46.8 Å². The molecule has 0 bridgehead atoms. The predicted molar refractivity (Wildman–Crippen MR) is 102 cm³/mol. The molecule has 0 atom stereocenters. The molecule has 1 saturated heterocycles. The first-order chi connectivity index (χ1) is 13.3. The summed E-state index contributed by atoms with van der Waals surface area (Å²) in [6, 6.07) is 10.6. The minimum atomic E-state index is -3.70. The molecular weight excluding hydrogens is 386 g/mol. The second-order valence-electron chi connectivity index (χ2n) is 6.90. The van der Waals surface area contributed by atoms with Gasteiger partial charge in [-0.05, 0) is 67.6 Å². The number of carbonyl (C=O) groups is 1. The standard InChI is InChI=1S/C20H22F2N2O3S/c21-16-5-7-18(8-6-16)23-20(25)9-4-15-10-12-24(13-11-15)28(26,27)19-3-1-2-17(22)14-19/h1-3,5-8,14-15H,4,9-13H2,(H,23,25). The van der Waals surface area contributed by atoms with Crippen LogP contribution in [0.3, 0.4) is 0 Å². The van der Waals surface area contributed by atoms with Crippen molar-refractivity contribution in [2.45, 2.75) is 30.6 Å². The molecule has 0 saturated carbocycles. The molecule has 2 aromatic carbocycles. The van der Waals surface area contributed by atoms with Crippen LogP contribution >= 0.6 is 0 Å². The van der Waals surface area contributed by atoms with Gasteiger partial charge in [0.2, 0.25) is 15.9 Å². The van der Waals surface area contributed by atoms with Crippen molar-refractivity contribution < 1.29 is 22.0 Å². The average Bonchev–Trinajstić information content (AvgIpc) is 2.68. The largest absolute Gasteiger partial charge is 0.326 e. The zero-order chi connectivity index (χ0) is 20.1. The van der Waals surface area contributed by atoms with Crippen LogP contribution in [0.25, 0.3) is 0 Å². The van der Waals surface area contributed by atoms with Gasteiger partial charge in [-0.3, -0.25) is 4.79 Å². The summed E-state index contributed by atoms with van der Waals surface area (Å²) in [5, 5.41) is 2.72. The molecule has 150 valence electrons. The van der Waals surface area contributed by atoms with Crippen LogP contribution in [0.4, 0.5) is 14.5 Å². The van der Waals surface area contributed by atoms with Crippen molar-refractivity contribution >= 4 is 21.6 Å². The van der Waals surface area contributed by atoms with Gasteiger partial charge in [0, 0.05) is 25.2 Å². The van der Waals surface area contributed by atoms with E-state index in [0.29, 0.717) is 44.5 Å². The highest BCUT2D eigenvalue weighted by atomic mass is 32.2. The molecule has 0 aromatic heterocycles. The zero-order valence-electron chi connectivity index (χ0n) is 15.3. The molecule has 1 aliphatic rings. The molecule has 1 aliphatic heterocycles. The maximum absolute atomic E-state index is 13.3. The Morgan fingerprint density at radius 1 is 1.04 bits per heavy atom. The van der Waals surface area contributed by atoms with E-state index in [4.69, 9.17) is 0 Å². The number of sulfonamides is 1. The summed E-state index contributed by atoms with van der Waals surface area (Å²) in [5.74, 6) is -0.847. The molecule has 0 spiro atoms. The Morgan fingerprint density at radius 2 is 1.71 bits per heavy atom. The van der Waals surface area contributed by atoms with E-state index in [0.717, 1.165) is 6.07 Å². The summed E-state index contributed by atoms with van der Waals surface area (Å²) in [7, 11) is -3.70. The van der Waals surface area contributed by atoms with E-state index in [-0.39, 0.29) is 22.5 Å². The minimum absolute atomic E-state index is 0.0374. The van der Waals surface area contributed by atoms with Crippen LogP contribution in [-0.4, -0.2) is 31.7 Å². The third kappa shape index (κ3) is 5.14. The van der Waals surface area contributed by atoms with Gasteiger partial charge < -0.3 is 5.32 Å². The maximum Gasteiger partial charge on any atom is 0.243 e. The van der Waals surface area contributed by atoms with Crippen LogP contribution in [0.1, 0.15) is 25.7 Å². The fourth-order valence-electron chi connectivity index (χ4n) is 3.31. The number of hydrogen-bond acceptors (Lipinski definition) is 3. The molecule has 0 aliphatic carbocycles. The molecule has 5 nitrogen and oxygen atoms in total. The first-order valence-corrected chi connectivity index (χ1v) is 10.6. The Hall–Kier alpha value is -2.32. The van der Waals surface area contributed by atoms with Crippen LogP contribution in [0.2, 0.25) is 0 Å². The summed E-state index contributed by atoms with van der Waals surface area (Å²) >= 11 is 0. The SMILES string of the molecule is O=C(CCC1CCN(S(=O)(=O)c2cccc(F)c2)CC1)Nc1ccc(F)cc1. The number of hydrogen-bond donors (Lipinski definition) is 1. The first-order valence-electron chi connectivity index (χ1n) is 9.16. The monoisotopic (exact) mass is 408 g/mol. The number of piperidine rings is 1. The first kappa shape index (κ1) is 20.4. The Kier molecular flexibility index (Phi) is 6.41. The lowest BCUT2D eigenvalue weighted by atomic mass is 9.93. The van der Waals surface area contributed by atoms with Crippen molar-refractivity contribution in [1.29, 1.82) is 0 Å². The molecule has 2 aromatic rings.